The van der Waals surface area contributed by atoms with Crippen LogP contribution in [0.1, 0.15) is 19.3 Å². The molecule has 0 spiro atoms. The van der Waals surface area contributed by atoms with Crippen LogP contribution in [0.3, 0.4) is 0 Å². The molecule has 23 heavy (non-hydrogen) atoms. The highest BCUT2D eigenvalue weighted by Gasteiger charge is 2.18. The van der Waals surface area contributed by atoms with Crippen molar-refractivity contribution in [1.82, 2.24) is 9.97 Å². The number of aliphatic hydroxyl groups is 1. The molecular formula is C17H24N4O2. The number of anilines is 2. The van der Waals surface area contributed by atoms with Crippen LogP contribution in [0.2, 0.25) is 0 Å². The van der Waals surface area contributed by atoms with Crippen molar-refractivity contribution < 1.29 is 9.84 Å². The quantitative estimate of drug-likeness (QED) is 0.850. The number of methoxy groups -OCH3 is 1. The normalized spacial score (nSPS) is 16.5. The lowest BCUT2D eigenvalue weighted by atomic mass is 10.1. The van der Waals surface area contributed by atoms with Gasteiger partial charge in [0.25, 0.3) is 0 Å². The maximum absolute atomic E-state index is 9.88. The Morgan fingerprint density at radius 1 is 1.17 bits per heavy atom. The number of benzene rings is 1. The van der Waals surface area contributed by atoms with Crippen molar-refractivity contribution in [3.8, 4) is 0 Å². The topological polar surface area (TPSA) is 70.5 Å². The van der Waals surface area contributed by atoms with E-state index in [1.165, 1.54) is 19.3 Å². The number of rotatable bonds is 6. The van der Waals surface area contributed by atoms with Crippen molar-refractivity contribution in [2.24, 2.45) is 0 Å². The summed E-state index contributed by atoms with van der Waals surface area (Å²) in [5, 5.41) is 13.1. The molecule has 1 aromatic heterocycles. The highest BCUT2D eigenvalue weighted by molar-refractivity contribution is 5.80. The summed E-state index contributed by atoms with van der Waals surface area (Å²) in [7, 11) is 1.58. The summed E-state index contributed by atoms with van der Waals surface area (Å²) in [4.78, 5) is 11.8. The van der Waals surface area contributed by atoms with E-state index >= 15 is 0 Å². The Kier molecular flexibility index (Phi) is 5.25. The summed E-state index contributed by atoms with van der Waals surface area (Å²) in [6.45, 7) is 2.69. The molecule has 1 saturated heterocycles. The van der Waals surface area contributed by atoms with Gasteiger partial charge in [-0.3, -0.25) is 0 Å². The number of nitrogens with one attached hydrogen (secondary N) is 1. The number of aromatic nitrogens is 2. The Balaban J connectivity index is 1.88. The van der Waals surface area contributed by atoms with Crippen LogP contribution in [0.15, 0.2) is 24.3 Å². The molecule has 6 heteroatoms. The van der Waals surface area contributed by atoms with Crippen LogP contribution in [-0.2, 0) is 4.74 Å². The lowest BCUT2D eigenvalue weighted by Gasteiger charge is -2.29. The molecule has 0 unspecified atom stereocenters. The molecule has 1 aliphatic rings. The number of hydrogen-bond acceptors (Lipinski definition) is 6. The van der Waals surface area contributed by atoms with Crippen LogP contribution in [0.5, 0.6) is 0 Å². The minimum atomic E-state index is -0.567. The van der Waals surface area contributed by atoms with Crippen LogP contribution in [0, 0.1) is 0 Å². The zero-order valence-electron chi connectivity index (χ0n) is 13.5. The molecule has 124 valence electrons. The van der Waals surface area contributed by atoms with Crippen LogP contribution in [0.25, 0.3) is 11.0 Å². The lowest BCUT2D eigenvalue weighted by molar-refractivity contribution is 0.0727. The molecule has 1 atom stereocenters. The Hall–Kier alpha value is -1.92. The number of aliphatic hydroxyl groups excluding tert-OH is 1. The first-order valence-electron chi connectivity index (χ1n) is 8.20. The molecule has 3 rings (SSSR count). The van der Waals surface area contributed by atoms with Crippen molar-refractivity contribution in [1.29, 1.82) is 0 Å². The monoisotopic (exact) mass is 316 g/mol. The van der Waals surface area contributed by atoms with Crippen molar-refractivity contribution in [2.75, 3.05) is 43.6 Å². The molecule has 0 saturated carbocycles. The fourth-order valence-electron chi connectivity index (χ4n) is 2.90. The zero-order chi connectivity index (χ0) is 16.1. The van der Waals surface area contributed by atoms with Gasteiger partial charge in [0.05, 0.1) is 23.7 Å². The van der Waals surface area contributed by atoms with E-state index in [-0.39, 0.29) is 0 Å². The zero-order valence-corrected chi connectivity index (χ0v) is 13.5. The van der Waals surface area contributed by atoms with Gasteiger partial charge in [-0.05, 0) is 31.4 Å². The van der Waals surface area contributed by atoms with Crippen LogP contribution >= 0.6 is 0 Å². The van der Waals surface area contributed by atoms with Gasteiger partial charge in [-0.1, -0.05) is 12.1 Å². The van der Waals surface area contributed by atoms with Gasteiger partial charge < -0.3 is 20.1 Å². The van der Waals surface area contributed by atoms with Crippen molar-refractivity contribution in [3.63, 3.8) is 0 Å². The Bertz CT molecular complexity index is 644. The predicted octanol–water partition coefficient (Wildman–Crippen LogP) is 2.04. The average molecular weight is 316 g/mol. The third kappa shape index (κ3) is 3.89. The van der Waals surface area contributed by atoms with E-state index in [1.54, 1.807) is 7.11 Å². The van der Waals surface area contributed by atoms with Gasteiger partial charge in [0.15, 0.2) is 11.6 Å². The molecule has 2 heterocycles. The van der Waals surface area contributed by atoms with Gasteiger partial charge in [0.2, 0.25) is 0 Å². The van der Waals surface area contributed by atoms with E-state index in [1.807, 2.05) is 24.3 Å². The Morgan fingerprint density at radius 2 is 1.87 bits per heavy atom. The summed E-state index contributed by atoms with van der Waals surface area (Å²) < 4.78 is 4.97. The molecule has 0 bridgehead atoms. The first-order chi connectivity index (χ1) is 11.3. The predicted molar refractivity (Wildman–Crippen MR) is 92.0 cm³/mol. The standard InChI is InChI=1S/C17H24N4O2/c1-23-12-13(22)11-18-16-17(21-9-5-2-6-10-21)20-15-8-4-3-7-14(15)19-16/h3-4,7-8,13,22H,2,5-6,9-12H2,1H3,(H,18,19)/t13-/m1/s1. The maximum atomic E-state index is 9.88. The number of piperidine rings is 1. The molecule has 1 aromatic carbocycles. The second-order valence-electron chi connectivity index (χ2n) is 5.92. The molecule has 1 aliphatic heterocycles. The molecule has 6 nitrogen and oxygen atoms in total. The highest BCUT2D eigenvalue weighted by Crippen LogP contribution is 2.27. The van der Waals surface area contributed by atoms with E-state index < -0.39 is 6.10 Å². The van der Waals surface area contributed by atoms with Crippen molar-refractivity contribution in [3.05, 3.63) is 24.3 Å². The smallest absolute Gasteiger partial charge is 0.172 e. The molecule has 0 amide bonds. The summed E-state index contributed by atoms with van der Waals surface area (Å²) in [5.41, 5.74) is 1.76. The summed E-state index contributed by atoms with van der Waals surface area (Å²) >= 11 is 0. The fourth-order valence-corrected chi connectivity index (χ4v) is 2.90. The van der Waals surface area contributed by atoms with Crippen molar-refractivity contribution >= 4 is 22.7 Å². The number of nitrogens with zero attached hydrogens (tertiary/aromatic N) is 3. The number of hydrogen-bond donors (Lipinski definition) is 2. The first kappa shape index (κ1) is 16.0. The van der Waals surface area contributed by atoms with E-state index in [0.29, 0.717) is 13.2 Å². The van der Waals surface area contributed by atoms with Crippen LogP contribution in [0.4, 0.5) is 11.6 Å². The van der Waals surface area contributed by atoms with Crippen molar-refractivity contribution in [2.45, 2.75) is 25.4 Å². The van der Waals surface area contributed by atoms with Crippen LogP contribution < -0.4 is 10.2 Å². The number of ether oxygens (including phenoxy) is 1. The second kappa shape index (κ2) is 7.57. The van der Waals surface area contributed by atoms with Gasteiger partial charge >= 0.3 is 0 Å². The largest absolute Gasteiger partial charge is 0.389 e. The van der Waals surface area contributed by atoms with E-state index in [2.05, 4.69) is 10.2 Å². The number of fused-ring (bicyclic) bond motifs is 1. The van der Waals surface area contributed by atoms with Crippen LogP contribution in [-0.4, -0.2) is 54.5 Å². The van der Waals surface area contributed by atoms with Gasteiger partial charge in [-0.25, -0.2) is 9.97 Å². The van der Waals surface area contributed by atoms with Gasteiger partial charge in [0.1, 0.15) is 0 Å². The van der Waals surface area contributed by atoms with E-state index in [9.17, 15) is 5.11 Å². The highest BCUT2D eigenvalue weighted by atomic mass is 16.5. The molecule has 2 aromatic rings. The SMILES string of the molecule is COC[C@H](O)CNc1nc2ccccc2nc1N1CCCCC1. The van der Waals surface area contributed by atoms with E-state index in [4.69, 9.17) is 14.7 Å². The minimum Gasteiger partial charge on any atom is -0.389 e. The summed E-state index contributed by atoms with van der Waals surface area (Å²) in [6.07, 6.45) is 3.07. The lowest BCUT2D eigenvalue weighted by Crippen LogP contribution is -2.32. The molecule has 1 fully saturated rings. The third-order valence-electron chi connectivity index (χ3n) is 4.07. The molecular weight excluding hydrogens is 292 g/mol. The Labute approximate surface area is 136 Å². The first-order valence-corrected chi connectivity index (χ1v) is 8.20. The van der Waals surface area contributed by atoms with Gasteiger partial charge in [-0.15, -0.1) is 0 Å². The molecule has 0 radical (unpaired) electrons. The minimum absolute atomic E-state index is 0.299. The maximum Gasteiger partial charge on any atom is 0.172 e. The molecule has 2 N–H and O–H groups in total. The Morgan fingerprint density at radius 3 is 2.57 bits per heavy atom. The van der Waals surface area contributed by atoms with Gasteiger partial charge in [-0.2, -0.15) is 0 Å². The number of para-hydroxylation sites is 2. The van der Waals surface area contributed by atoms with E-state index in [0.717, 1.165) is 35.8 Å². The summed E-state index contributed by atoms with van der Waals surface area (Å²) in [5.74, 6) is 1.62. The molecule has 0 aliphatic carbocycles. The second-order valence-corrected chi connectivity index (χ2v) is 5.92. The fraction of sp³-hybridized carbons (Fsp3) is 0.529. The average Bonchev–Trinajstić information content (AvgIpc) is 2.60. The summed E-state index contributed by atoms with van der Waals surface area (Å²) in [6, 6.07) is 7.88. The third-order valence-corrected chi connectivity index (χ3v) is 4.07. The van der Waals surface area contributed by atoms with Gasteiger partial charge in [0, 0.05) is 26.7 Å².